The fourth-order valence-corrected chi connectivity index (χ4v) is 2.73. The molecule has 1 saturated carbocycles. The molecule has 6 nitrogen and oxygen atoms in total. The third kappa shape index (κ3) is 7.11. The van der Waals surface area contributed by atoms with E-state index in [1.807, 2.05) is 0 Å². The predicted molar refractivity (Wildman–Crippen MR) is 78.7 cm³/mol. The molecule has 0 spiro atoms. The molecule has 0 aromatic rings. The van der Waals surface area contributed by atoms with Crippen molar-refractivity contribution in [1.82, 2.24) is 10.6 Å². The average molecular weight is 298 g/mol. The smallest absolute Gasteiger partial charge is 0.308 e. The van der Waals surface area contributed by atoms with Gasteiger partial charge in [0.05, 0.1) is 5.92 Å². The zero-order valence-corrected chi connectivity index (χ0v) is 12.7. The lowest BCUT2D eigenvalue weighted by atomic mass is 9.84. The monoisotopic (exact) mass is 298 g/mol. The van der Waals surface area contributed by atoms with E-state index in [-0.39, 0.29) is 17.9 Å². The van der Waals surface area contributed by atoms with Crippen LogP contribution in [0.3, 0.4) is 0 Å². The molecule has 1 fully saturated rings. The number of carbonyl (C=O) groups is 3. The number of rotatable bonds is 8. The minimum atomic E-state index is -0.810. The van der Waals surface area contributed by atoms with Gasteiger partial charge in [0.1, 0.15) is 0 Å². The summed E-state index contributed by atoms with van der Waals surface area (Å²) in [6.45, 7) is 2.12. The Bertz CT molecular complexity index is 371. The Balaban J connectivity index is 2.17. The molecule has 3 N–H and O–H groups in total. The maximum atomic E-state index is 11.8. The summed E-state index contributed by atoms with van der Waals surface area (Å²) >= 11 is 0. The maximum Gasteiger partial charge on any atom is 0.308 e. The van der Waals surface area contributed by atoms with Crippen LogP contribution in [-0.4, -0.2) is 35.5 Å². The molecule has 2 atom stereocenters. The van der Waals surface area contributed by atoms with Crippen LogP contribution in [0.25, 0.3) is 0 Å². The number of carboxylic acids is 1. The van der Waals surface area contributed by atoms with Crippen LogP contribution in [-0.2, 0) is 14.4 Å². The van der Waals surface area contributed by atoms with Crippen LogP contribution in [0, 0.1) is 5.92 Å². The molecule has 21 heavy (non-hydrogen) atoms. The highest BCUT2D eigenvalue weighted by Gasteiger charge is 2.31. The standard InChI is InChI=1S/C15H26N2O4/c1-11(18)16-10-6-2-3-9-14(19)17-13-8-5-4-7-12(13)15(20)21/h12-13H,2-10H2,1H3,(H,16,18)(H,17,19)(H,20,21). The van der Waals surface area contributed by atoms with E-state index in [9.17, 15) is 14.4 Å². The highest BCUT2D eigenvalue weighted by molar-refractivity contribution is 5.78. The van der Waals surface area contributed by atoms with Crippen LogP contribution in [0.15, 0.2) is 0 Å². The van der Waals surface area contributed by atoms with Gasteiger partial charge < -0.3 is 15.7 Å². The minimum absolute atomic E-state index is 0.0373. The molecular formula is C15H26N2O4. The van der Waals surface area contributed by atoms with Crippen LogP contribution in [0.4, 0.5) is 0 Å². The van der Waals surface area contributed by atoms with E-state index in [1.165, 1.54) is 6.92 Å². The molecule has 0 heterocycles. The third-order valence-corrected chi connectivity index (χ3v) is 3.88. The molecule has 2 unspecified atom stereocenters. The van der Waals surface area contributed by atoms with Crippen molar-refractivity contribution < 1.29 is 19.5 Å². The molecule has 1 aliphatic carbocycles. The third-order valence-electron chi connectivity index (χ3n) is 3.88. The highest BCUT2D eigenvalue weighted by Crippen LogP contribution is 2.24. The number of aliphatic carboxylic acids is 1. The van der Waals surface area contributed by atoms with Crippen molar-refractivity contribution >= 4 is 17.8 Å². The van der Waals surface area contributed by atoms with Gasteiger partial charge in [-0.25, -0.2) is 0 Å². The second kappa shape index (κ2) is 9.37. The summed E-state index contributed by atoms with van der Waals surface area (Å²) in [5.41, 5.74) is 0. The highest BCUT2D eigenvalue weighted by atomic mass is 16.4. The first-order valence-corrected chi connectivity index (χ1v) is 7.77. The van der Waals surface area contributed by atoms with E-state index < -0.39 is 11.9 Å². The first kappa shape index (κ1) is 17.5. The maximum absolute atomic E-state index is 11.8. The van der Waals surface area contributed by atoms with E-state index >= 15 is 0 Å². The van der Waals surface area contributed by atoms with Crippen molar-refractivity contribution in [2.45, 2.75) is 64.3 Å². The Morgan fingerprint density at radius 3 is 2.48 bits per heavy atom. The number of hydrogen-bond acceptors (Lipinski definition) is 3. The molecule has 1 rings (SSSR count). The van der Waals surface area contributed by atoms with Crippen molar-refractivity contribution in [2.24, 2.45) is 5.92 Å². The van der Waals surface area contributed by atoms with Crippen molar-refractivity contribution in [3.63, 3.8) is 0 Å². The molecule has 0 aromatic carbocycles. The van der Waals surface area contributed by atoms with Crippen LogP contribution < -0.4 is 10.6 Å². The van der Waals surface area contributed by atoms with Gasteiger partial charge in [-0.05, 0) is 25.7 Å². The fourth-order valence-electron chi connectivity index (χ4n) is 2.73. The fraction of sp³-hybridized carbons (Fsp3) is 0.800. The second-order valence-corrected chi connectivity index (χ2v) is 5.70. The van der Waals surface area contributed by atoms with E-state index in [1.54, 1.807) is 0 Å². The first-order chi connectivity index (χ1) is 10.0. The Morgan fingerprint density at radius 2 is 1.81 bits per heavy atom. The number of carboxylic acid groups (broad SMARTS) is 1. The largest absolute Gasteiger partial charge is 0.481 e. The van der Waals surface area contributed by atoms with Gasteiger partial charge in [0.15, 0.2) is 0 Å². The second-order valence-electron chi connectivity index (χ2n) is 5.70. The molecule has 0 radical (unpaired) electrons. The van der Waals surface area contributed by atoms with E-state index in [0.717, 1.165) is 38.5 Å². The lowest BCUT2D eigenvalue weighted by Crippen LogP contribution is -2.45. The first-order valence-electron chi connectivity index (χ1n) is 7.77. The zero-order chi connectivity index (χ0) is 15.7. The van der Waals surface area contributed by atoms with Gasteiger partial charge >= 0.3 is 5.97 Å². The Kier molecular flexibility index (Phi) is 7.79. The molecule has 0 aromatic heterocycles. The molecule has 1 aliphatic rings. The molecule has 0 saturated heterocycles. The van der Waals surface area contributed by atoms with Gasteiger partial charge in [-0.3, -0.25) is 14.4 Å². The van der Waals surface area contributed by atoms with Crippen LogP contribution in [0.2, 0.25) is 0 Å². The quantitative estimate of drug-likeness (QED) is 0.591. The van der Waals surface area contributed by atoms with Crippen molar-refractivity contribution in [3.05, 3.63) is 0 Å². The molecule has 2 amide bonds. The van der Waals surface area contributed by atoms with Crippen LogP contribution in [0.1, 0.15) is 58.3 Å². The van der Waals surface area contributed by atoms with E-state index in [0.29, 0.717) is 19.4 Å². The molecule has 0 bridgehead atoms. The molecule has 6 heteroatoms. The Labute approximate surface area is 125 Å². The Hall–Kier alpha value is -1.59. The number of nitrogens with one attached hydrogen (secondary N) is 2. The van der Waals surface area contributed by atoms with Gasteiger partial charge in [0.25, 0.3) is 0 Å². The molecular weight excluding hydrogens is 272 g/mol. The lowest BCUT2D eigenvalue weighted by Gasteiger charge is -2.29. The average Bonchev–Trinajstić information content (AvgIpc) is 2.42. The predicted octanol–water partition coefficient (Wildman–Crippen LogP) is 1.44. The van der Waals surface area contributed by atoms with Crippen LogP contribution >= 0.6 is 0 Å². The summed E-state index contributed by atoms with van der Waals surface area (Å²) in [5.74, 6) is -1.35. The summed E-state index contributed by atoms with van der Waals surface area (Å²) in [5, 5.41) is 14.7. The summed E-state index contributed by atoms with van der Waals surface area (Å²) in [6.07, 6.45) is 6.22. The summed E-state index contributed by atoms with van der Waals surface area (Å²) in [7, 11) is 0. The lowest BCUT2D eigenvalue weighted by molar-refractivity contribution is -0.144. The van der Waals surface area contributed by atoms with Crippen molar-refractivity contribution in [2.75, 3.05) is 6.54 Å². The zero-order valence-electron chi connectivity index (χ0n) is 12.7. The number of unbranched alkanes of at least 4 members (excludes halogenated alkanes) is 2. The van der Waals surface area contributed by atoms with E-state index in [4.69, 9.17) is 5.11 Å². The number of amides is 2. The SMILES string of the molecule is CC(=O)NCCCCCC(=O)NC1CCCCC1C(=O)O. The van der Waals surface area contributed by atoms with Gasteiger partial charge in [0, 0.05) is 25.9 Å². The summed E-state index contributed by atoms with van der Waals surface area (Å²) < 4.78 is 0. The minimum Gasteiger partial charge on any atom is -0.481 e. The topological polar surface area (TPSA) is 95.5 Å². The number of hydrogen-bond donors (Lipinski definition) is 3. The Morgan fingerprint density at radius 1 is 1.10 bits per heavy atom. The molecule has 0 aliphatic heterocycles. The van der Waals surface area contributed by atoms with Gasteiger partial charge in [0.2, 0.25) is 11.8 Å². The number of carbonyl (C=O) groups excluding carboxylic acids is 2. The summed E-state index contributed by atoms with van der Waals surface area (Å²) in [4.78, 5) is 33.7. The van der Waals surface area contributed by atoms with Gasteiger partial charge in [-0.15, -0.1) is 0 Å². The van der Waals surface area contributed by atoms with Gasteiger partial charge in [-0.2, -0.15) is 0 Å². The van der Waals surface area contributed by atoms with Gasteiger partial charge in [-0.1, -0.05) is 19.3 Å². The van der Waals surface area contributed by atoms with Crippen molar-refractivity contribution in [1.29, 1.82) is 0 Å². The van der Waals surface area contributed by atoms with E-state index in [2.05, 4.69) is 10.6 Å². The summed E-state index contributed by atoms with van der Waals surface area (Å²) in [6, 6.07) is -0.219. The normalized spacial score (nSPS) is 21.6. The molecule has 120 valence electrons. The van der Waals surface area contributed by atoms with Crippen LogP contribution in [0.5, 0.6) is 0 Å². The van der Waals surface area contributed by atoms with Crippen molar-refractivity contribution in [3.8, 4) is 0 Å².